The molecule has 2 aliphatic rings. The fourth-order valence-electron chi connectivity index (χ4n) is 6.30. The van der Waals surface area contributed by atoms with Crippen LogP contribution in [0.2, 0.25) is 0 Å². The molecule has 0 aromatic heterocycles. The number of allylic oxidation sites excluding steroid dienone is 2. The van der Waals surface area contributed by atoms with Crippen molar-refractivity contribution in [1.82, 2.24) is 5.32 Å². The van der Waals surface area contributed by atoms with Crippen molar-refractivity contribution >= 4 is 23.9 Å². The van der Waals surface area contributed by atoms with E-state index < -0.39 is 0 Å². The van der Waals surface area contributed by atoms with Crippen molar-refractivity contribution in [3.8, 4) is 0 Å². The summed E-state index contributed by atoms with van der Waals surface area (Å²) in [6.07, 6.45) is 6.36. The molecule has 3 rings (SSSR count). The summed E-state index contributed by atoms with van der Waals surface area (Å²) in [5, 5.41) is 3.16. The molecule has 3 nitrogen and oxygen atoms in total. The van der Waals surface area contributed by atoms with Gasteiger partial charge in [0.05, 0.1) is 5.69 Å². The summed E-state index contributed by atoms with van der Waals surface area (Å²) in [5.74, 6) is 0.694. The zero-order valence-corrected chi connectivity index (χ0v) is 20.3. The van der Waals surface area contributed by atoms with Crippen LogP contribution in [-0.4, -0.2) is 18.2 Å². The molecule has 2 aliphatic carbocycles. The summed E-state index contributed by atoms with van der Waals surface area (Å²) in [7, 11) is 0. The fraction of sp³-hybridized carbons (Fsp3) is 0.630. The van der Waals surface area contributed by atoms with Crippen molar-refractivity contribution < 1.29 is 9.18 Å². The van der Waals surface area contributed by atoms with E-state index in [4.69, 9.17) is 0 Å². The molecular weight excluding hydrogens is 387 g/mol. The van der Waals surface area contributed by atoms with Crippen molar-refractivity contribution in [3.63, 3.8) is 0 Å². The molecule has 170 valence electrons. The number of hydrogen-bond acceptors (Lipinski definition) is 2. The second-order valence-electron chi connectivity index (χ2n) is 11.5. The average molecular weight is 427 g/mol. The van der Waals surface area contributed by atoms with Crippen LogP contribution in [0.15, 0.2) is 29.3 Å². The smallest absolute Gasteiger partial charge is 0.223 e. The fourth-order valence-corrected chi connectivity index (χ4v) is 6.30. The van der Waals surface area contributed by atoms with E-state index in [0.29, 0.717) is 11.8 Å². The predicted octanol–water partition coefficient (Wildman–Crippen LogP) is 6.94. The van der Waals surface area contributed by atoms with E-state index in [0.717, 1.165) is 36.9 Å². The number of amides is 1. The predicted molar refractivity (Wildman–Crippen MR) is 128 cm³/mol. The lowest BCUT2D eigenvalue weighted by molar-refractivity contribution is -0.127. The highest BCUT2D eigenvalue weighted by Gasteiger charge is 2.59. The Hall–Kier alpha value is -1.97. The third-order valence-corrected chi connectivity index (χ3v) is 8.09. The van der Waals surface area contributed by atoms with Crippen LogP contribution in [-0.2, 0) is 4.79 Å². The first-order valence-electron chi connectivity index (χ1n) is 11.6. The molecule has 0 saturated heterocycles. The normalized spacial score (nSPS) is 31.9. The van der Waals surface area contributed by atoms with Crippen molar-refractivity contribution in [2.75, 3.05) is 0 Å². The van der Waals surface area contributed by atoms with Gasteiger partial charge in [0.25, 0.3) is 0 Å². The van der Waals surface area contributed by atoms with Crippen LogP contribution >= 0.6 is 0 Å². The maximum Gasteiger partial charge on any atom is 0.223 e. The number of fused-ring (bicyclic) bond motifs is 1. The van der Waals surface area contributed by atoms with E-state index in [9.17, 15) is 9.18 Å². The van der Waals surface area contributed by atoms with E-state index in [2.05, 4.69) is 43.9 Å². The van der Waals surface area contributed by atoms with Crippen LogP contribution < -0.4 is 5.32 Å². The molecule has 0 spiro atoms. The zero-order valence-electron chi connectivity index (χ0n) is 20.3. The Labute approximate surface area is 187 Å². The van der Waals surface area contributed by atoms with Crippen LogP contribution in [0.5, 0.6) is 0 Å². The van der Waals surface area contributed by atoms with Gasteiger partial charge in [0.2, 0.25) is 5.91 Å². The van der Waals surface area contributed by atoms with Crippen molar-refractivity contribution in [2.45, 2.75) is 79.7 Å². The van der Waals surface area contributed by atoms with Gasteiger partial charge in [-0.05, 0) is 107 Å². The Morgan fingerprint density at radius 3 is 2.29 bits per heavy atom. The quantitative estimate of drug-likeness (QED) is 0.509. The van der Waals surface area contributed by atoms with Crippen molar-refractivity contribution in [2.24, 2.45) is 33.6 Å². The van der Waals surface area contributed by atoms with Gasteiger partial charge >= 0.3 is 0 Å². The number of rotatable bonds is 5. The van der Waals surface area contributed by atoms with Crippen LogP contribution in [0.1, 0.15) is 79.7 Å². The topological polar surface area (TPSA) is 41.5 Å². The standard InChI is InChI=1S/C27H39FN2O/c1-9-21(22-12-20(28)10-11-23(22)29-8)19-15-26(6)13-18(14-27(26,7)16-19)17(2)24(31)30-25(3,4)5/h9-12,17-19H,8,13-16H2,1-7H3,(H,30,31)/b21-9-/t17?,18?,19?,26-,27+. The summed E-state index contributed by atoms with van der Waals surface area (Å²) in [6, 6.07) is 4.76. The minimum atomic E-state index is -0.240. The molecule has 1 aromatic rings. The number of nitrogens with one attached hydrogen (secondary N) is 1. The largest absolute Gasteiger partial charge is 0.351 e. The molecule has 0 radical (unpaired) electrons. The molecule has 0 aliphatic heterocycles. The van der Waals surface area contributed by atoms with Gasteiger partial charge in [-0.1, -0.05) is 26.8 Å². The molecule has 0 bridgehead atoms. The average Bonchev–Trinajstić information content (AvgIpc) is 3.04. The Bertz CT molecular complexity index is 879. The summed E-state index contributed by atoms with van der Waals surface area (Å²) >= 11 is 0. The van der Waals surface area contributed by atoms with Gasteiger partial charge in [-0.25, -0.2) is 4.39 Å². The number of aliphatic imine (C=N–C) groups is 1. The zero-order chi connectivity index (χ0) is 23.2. The molecule has 4 heteroatoms. The molecule has 0 heterocycles. The first kappa shape index (κ1) is 23.7. The molecule has 3 unspecified atom stereocenters. The minimum absolute atomic E-state index is 0.0119. The molecular formula is C27H39FN2O. The highest BCUT2D eigenvalue weighted by molar-refractivity contribution is 5.79. The van der Waals surface area contributed by atoms with Gasteiger partial charge in [-0.2, -0.15) is 0 Å². The Balaban J connectivity index is 1.81. The van der Waals surface area contributed by atoms with Crippen LogP contribution in [0.4, 0.5) is 10.1 Å². The summed E-state index contributed by atoms with van der Waals surface area (Å²) < 4.78 is 14.1. The second-order valence-corrected chi connectivity index (χ2v) is 11.5. The first-order chi connectivity index (χ1) is 14.3. The minimum Gasteiger partial charge on any atom is -0.351 e. The number of nitrogens with zero attached hydrogens (tertiary/aromatic N) is 1. The first-order valence-corrected chi connectivity index (χ1v) is 11.6. The Morgan fingerprint density at radius 2 is 1.81 bits per heavy atom. The van der Waals surface area contributed by atoms with Crippen LogP contribution in [0.25, 0.3) is 5.57 Å². The van der Waals surface area contributed by atoms with Crippen LogP contribution in [0, 0.1) is 34.4 Å². The Kier molecular flexibility index (Phi) is 6.25. The van der Waals surface area contributed by atoms with E-state index in [1.165, 1.54) is 11.6 Å². The maximum atomic E-state index is 14.1. The molecule has 1 amide bonds. The molecule has 1 aromatic carbocycles. The maximum absolute atomic E-state index is 14.1. The van der Waals surface area contributed by atoms with Gasteiger partial charge < -0.3 is 5.32 Å². The molecule has 31 heavy (non-hydrogen) atoms. The number of halogens is 1. The lowest BCUT2D eigenvalue weighted by Gasteiger charge is -2.34. The van der Waals surface area contributed by atoms with Crippen LogP contribution in [0.3, 0.4) is 0 Å². The van der Waals surface area contributed by atoms with Gasteiger partial charge in [-0.3, -0.25) is 9.79 Å². The van der Waals surface area contributed by atoms with Crippen molar-refractivity contribution in [3.05, 3.63) is 35.7 Å². The van der Waals surface area contributed by atoms with Crippen molar-refractivity contribution in [1.29, 1.82) is 0 Å². The SMILES string of the molecule is C=Nc1ccc(F)cc1/C(=C\C)C1C[C@@]2(C)CC(C(C)C(=O)NC(C)(C)C)C[C@@]2(C)C1. The van der Waals surface area contributed by atoms with Gasteiger partial charge in [0.15, 0.2) is 0 Å². The van der Waals surface area contributed by atoms with E-state index >= 15 is 0 Å². The third kappa shape index (κ3) is 4.49. The Morgan fingerprint density at radius 1 is 1.23 bits per heavy atom. The van der Waals surface area contributed by atoms with Gasteiger partial charge in [-0.15, -0.1) is 0 Å². The number of carbonyl (C=O) groups excluding carboxylic acids is 1. The van der Waals surface area contributed by atoms with E-state index in [1.807, 2.05) is 27.7 Å². The lowest BCUT2D eigenvalue weighted by Crippen LogP contribution is -2.44. The monoisotopic (exact) mass is 426 g/mol. The summed E-state index contributed by atoms with van der Waals surface area (Å²) in [4.78, 5) is 16.9. The summed E-state index contributed by atoms with van der Waals surface area (Å²) in [6.45, 7) is 18.7. The van der Waals surface area contributed by atoms with E-state index in [-0.39, 0.29) is 34.0 Å². The highest BCUT2D eigenvalue weighted by atomic mass is 19.1. The van der Waals surface area contributed by atoms with Gasteiger partial charge in [0, 0.05) is 17.0 Å². The number of benzene rings is 1. The van der Waals surface area contributed by atoms with Gasteiger partial charge in [0.1, 0.15) is 5.82 Å². The van der Waals surface area contributed by atoms with E-state index in [1.54, 1.807) is 12.1 Å². The summed E-state index contributed by atoms with van der Waals surface area (Å²) in [5.41, 5.74) is 2.91. The molecule has 2 saturated carbocycles. The third-order valence-electron chi connectivity index (χ3n) is 8.09. The number of carbonyl (C=O) groups is 1. The molecule has 1 N–H and O–H groups in total. The number of hydrogen-bond donors (Lipinski definition) is 1. The highest BCUT2D eigenvalue weighted by Crippen LogP contribution is 2.68. The molecule has 5 atom stereocenters. The second kappa shape index (κ2) is 8.18. The lowest BCUT2D eigenvalue weighted by atomic mass is 9.71. The molecule has 2 fully saturated rings.